The number of thiophene rings is 1. The highest BCUT2D eigenvalue weighted by Gasteiger charge is 2.31. The van der Waals surface area contributed by atoms with E-state index in [1.807, 2.05) is 28.8 Å². The number of aryl methyl sites for hydroxylation is 2. The quantitative estimate of drug-likeness (QED) is 0.604. The molecule has 3 aromatic rings. The third-order valence-corrected chi connectivity index (χ3v) is 8.22. The second kappa shape index (κ2) is 7.51. The number of benzene rings is 1. The molecule has 1 aliphatic rings. The largest absolute Gasteiger partial charge is 0.481 e. The zero-order valence-electron chi connectivity index (χ0n) is 14.9. The molecule has 0 saturated carbocycles. The number of hydrogen-bond acceptors (Lipinski definition) is 4. The Morgan fingerprint density at radius 2 is 2.07 bits per heavy atom. The predicted molar refractivity (Wildman–Crippen MR) is 110 cm³/mol. The number of carbonyl (C=O) groups is 1. The van der Waals surface area contributed by atoms with Crippen molar-refractivity contribution in [2.75, 3.05) is 0 Å². The maximum Gasteiger partial charge on any atom is 0.305 e. The van der Waals surface area contributed by atoms with Crippen molar-refractivity contribution in [1.82, 2.24) is 9.29 Å². The van der Waals surface area contributed by atoms with Gasteiger partial charge in [-0.25, -0.2) is 13.1 Å². The molecule has 1 aliphatic carbocycles. The maximum atomic E-state index is 12.9. The molecular weight excluding hydrogens is 420 g/mol. The Labute approximate surface area is 171 Å². The van der Waals surface area contributed by atoms with E-state index in [0.717, 1.165) is 46.3 Å². The number of carboxylic acid groups (broad SMARTS) is 1. The summed E-state index contributed by atoms with van der Waals surface area (Å²) in [5.41, 5.74) is 2.92. The third kappa shape index (κ3) is 3.57. The molecule has 9 heteroatoms. The molecule has 2 N–H and O–H groups in total. The van der Waals surface area contributed by atoms with Crippen molar-refractivity contribution in [2.45, 2.75) is 42.5 Å². The number of aliphatic carboxylic acids is 1. The van der Waals surface area contributed by atoms with Gasteiger partial charge in [-0.15, -0.1) is 11.3 Å². The summed E-state index contributed by atoms with van der Waals surface area (Å²) in [7, 11) is -3.71. The molecule has 28 heavy (non-hydrogen) atoms. The van der Waals surface area contributed by atoms with Crippen LogP contribution < -0.4 is 4.72 Å². The van der Waals surface area contributed by atoms with Crippen molar-refractivity contribution in [3.8, 4) is 0 Å². The van der Waals surface area contributed by atoms with Crippen LogP contribution in [0.3, 0.4) is 0 Å². The Kier molecular flexibility index (Phi) is 5.22. The first-order valence-electron chi connectivity index (χ1n) is 8.96. The molecule has 0 fully saturated rings. The fraction of sp³-hybridized carbons (Fsp3) is 0.316. The van der Waals surface area contributed by atoms with E-state index in [1.165, 1.54) is 6.07 Å². The zero-order valence-corrected chi connectivity index (χ0v) is 17.3. The minimum absolute atomic E-state index is 0.0227. The van der Waals surface area contributed by atoms with Crippen LogP contribution in [0.5, 0.6) is 0 Å². The Hall–Kier alpha value is -1.87. The Morgan fingerprint density at radius 1 is 1.29 bits per heavy atom. The fourth-order valence-electron chi connectivity index (χ4n) is 3.93. The standard InChI is InChI=1S/C19H19ClN2O4S2/c20-16-8-9-18(27-16)28(25,26)21-14-6-3-5-13-12-4-1-2-7-15(12)22(19(13)14)11-10-17(23)24/h1-2,4,7-9,14,21H,3,5-6,10-11H2,(H,23,24). The van der Waals surface area contributed by atoms with Crippen LogP contribution >= 0.6 is 22.9 Å². The van der Waals surface area contributed by atoms with Crippen molar-refractivity contribution in [3.63, 3.8) is 0 Å². The molecule has 1 unspecified atom stereocenters. The number of halogens is 1. The number of para-hydroxylation sites is 1. The highest BCUT2D eigenvalue weighted by Crippen LogP contribution is 2.38. The summed E-state index contributed by atoms with van der Waals surface area (Å²) in [6.45, 7) is 0.300. The van der Waals surface area contributed by atoms with Crippen molar-refractivity contribution in [3.05, 3.63) is 52.0 Å². The Bertz CT molecular complexity index is 1150. The third-order valence-electron chi connectivity index (χ3n) is 5.03. The lowest BCUT2D eigenvalue weighted by molar-refractivity contribution is -0.137. The molecule has 6 nitrogen and oxygen atoms in total. The molecule has 0 saturated heterocycles. The van der Waals surface area contributed by atoms with Gasteiger partial charge in [0.2, 0.25) is 0 Å². The lowest BCUT2D eigenvalue weighted by Gasteiger charge is -2.26. The lowest BCUT2D eigenvalue weighted by Crippen LogP contribution is -2.32. The van der Waals surface area contributed by atoms with Crippen molar-refractivity contribution < 1.29 is 18.3 Å². The average molecular weight is 439 g/mol. The van der Waals surface area contributed by atoms with Gasteiger partial charge in [-0.3, -0.25) is 4.79 Å². The topological polar surface area (TPSA) is 88.4 Å². The van der Waals surface area contributed by atoms with Crippen molar-refractivity contribution in [1.29, 1.82) is 0 Å². The van der Waals surface area contributed by atoms with E-state index < -0.39 is 22.0 Å². The van der Waals surface area contributed by atoms with Gasteiger partial charge in [0.25, 0.3) is 10.0 Å². The summed E-state index contributed by atoms with van der Waals surface area (Å²) < 4.78 is 31.1. The molecule has 4 rings (SSSR count). The summed E-state index contributed by atoms with van der Waals surface area (Å²) in [6, 6.07) is 10.5. The SMILES string of the molecule is O=C(O)CCn1c2c(c3ccccc31)CCCC2NS(=O)(=O)c1ccc(Cl)s1. The first kappa shape index (κ1) is 19.4. The van der Waals surface area contributed by atoms with E-state index in [9.17, 15) is 13.2 Å². The highest BCUT2D eigenvalue weighted by molar-refractivity contribution is 7.91. The first-order chi connectivity index (χ1) is 13.4. The smallest absolute Gasteiger partial charge is 0.305 e. The van der Waals surface area contributed by atoms with Crippen LogP contribution in [0.15, 0.2) is 40.6 Å². The Morgan fingerprint density at radius 3 is 2.79 bits per heavy atom. The van der Waals surface area contributed by atoms with Crippen LogP contribution in [0.25, 0.3) is 10.9 Å². The lowest BCUT2D eigenvalue weighted by atomic mass is 9.92. The monoisotopic (exact) mass is 438 g/mol. The predicted octanol–water partition coefficient (Wildman–Crippen LogP) is 4.19. The molecule has 1 aromatic carbocycles. The number of nitrogens with one attached hydrogen (secondary N) is 1. The molecule has 0 radical (unpaired) electrons. The van der Waals surface area contributed by atoms with E-state index in [0.29, 0.717) is 17.3 Å². The van der Waals surface area contributed by atoms with Crippen LogP contribution in [0.1, 0.15) is 36.6 Å². The van der Waals surface area contributed by atoms with E-state index in [1.54, 1.807) is 6.07 Å². The number of rotatable bonds is 6. The number of nitrogens with zero attached hydrogens (tertiary/aromatic N) is 1. The van der Waals surface area contributed by atoms with E-state index in [4.69, 9.17) is 16.7 Å². The van der Waals surface area contributed by atoms with Crippen molar-refractivity contribution in [2.24, 2.45) is 0 Å². The number of sulfonamides is 1. The molecule has 2 aromatic heterocycles. The van der Waals surface area contributed by atoms with Crippen LogP contribution in [0.4, 0.5) is 0 Å². The van der Waals surface area contributed by atoms with Crippen LogP contribution in [-0.4, -0.2) is 24.1 Å². The van der Waals surface area contributed by atoms with E-state index in [-0.39, 0.29) is 10.6 Å². The van der Waals surface area contributed by atoms with Gasteiger partial charge in [0.15, 0.2) is 0 Å². The number of carboxylic acids is 1. The van der Waals surface area contributed by atoms with Gasteiger partial charge in [0.05, 0.1) is 16.8 Å². The van der Waals surface area contributed by atoms with E-state index in [2.05, 4.69) is 4.72 Å². The van der Waals surface area contributed by atoms with Crippen LogP contribution in [0.2, 0.25) is 4.34 Å². The summed E-state index contributed by atoms with van der Waals surface area (Å²) in [6.07, 6.45) is 2.34. The maximum absolute atomic E-state index is 12.9. The molecule has 0 bridgehead atoms. The highest BCUT2D eigenvalue weighted by atomic mass is 35.5. The molecule has 0 aliphatic heterocycles. The molecule has 2 heterocycles. The summed E-state index contributed by atoms with van der Waals surface area (Å²) in [4.78, 5) is 11.2. The molecule has 0 spiro atoms. The van der Waals surface area contributed by atoms with Crippen molar-refractivity contribution >= 4 is 49.8 Å². The first-order valence-corrected chi connectivity index (χ1v) is 11.6. The summed E-state index contributed by atoms with van der Waals surface area (Å²) in [5, 5.41) is 10.2. The summed E-state index contributed by atoms with van der Waals surface area (Å²) >= 11 is 6.92. The molecule has 0 amide bonds. The number of fused-ring (bicyclic) bond motifs is 3. The van der Waals surface area contributed by atoms with Gasteiger partial charge >= 0.3 is 5.97 Å². The second-order valence-electron chi connectivity index (χ2n) is 6.80. The van der Waals surface area contributed by atoms with E-state index >= 15 is 0 Å². The number of hydrogen-bond donors (Lipinski definition) is 2. The average Bonchev–Trinajstić information content (AvgIpc) is 3.23. The fourth-order valence-corrected chi connectivity index (χ4v) is 6.66. The second-order valence-corrected chi connectivity index (χ2v) is 10.5. The van der Waals surface area contributed by atoms with Gasteiger partial charge in [0.1, 0.15) is 4.21 Å². The molecule has 148 valence electrons. The minimum Gasteiger partial charge on any atom is -0.481 e. The van der Waals surface area contributed by atoms with Gasteiger partial charge in [-0.2, -0.15) is 0 Å². The van der Waals surface area contributed by atoms with Crippen LogP contribution in [0, 0.1) is 0 Å². The van der Waals surface area contributed by atoms with Gasteiger partial charge in [-0.1, -0.05) is 29.8 Å². The van der Waals surface area contributed by atoms with Crippen LogP contribution in [-0.2, 0) is 27.8 Å². The molecular formula is C19H19ClN2O4S2. The van der Waals surface area contributed by atoms with Gasteiger partial charge in [-0.05, 0) is 43.0 Å². The zero-order chi connectivity index (χ0) is 19.9. The number of aromatic nitrogens is 1. The van der Waals surface area contributed by atoms with Gasteiger partial charge < -0.3 is 9.67 Å². The molecule has 1 atom stereocenters. The Balaban J connectivity index is 1.78. The minimum atomic E-state index is -3.71. The van der Waals surface area contributed by atoms with Gasteiger partial charge in [0, 0.05) is 23.1 Å². The normalized spacial score (nSPS) is 17.0. The summed E-state index contributed by atoms with van der Waals surface area (Å²) in [5.74, 6) is -0.882.